The van der Waals surface area contributed by atoms with Gasteiger partial charge in [-0.3, -0.25) is 9.48 Å². The zero-order chi connectivity index (χ0) is 20.8. The van der Waals surface area contributed by atoms with E-state index in [1.807, 2.05) is 6.92 Å². The number of carbonyl (C=O) groups is 1. The summed E-state index contributed by atoms with van der Waals surface area (Å²) in [5.41, 5.74) is 1.60. The number of alkyl halides is 3. The van der Waals surface area contributed by atoms with Gasteiger partial charge in [-0.15, -0.1) is 11.3 Å². The number of thiophene rings is 1. The van der Waals surface area contributed by atoms with Crippen LogP contribution in [0.15, 0.2) is 30.3 Å². The number of fused-ring (bicyclic) bond motifs is 1. The maximum absolute atomic E-state index is 13.1. The van der Waals surface area contributed by atoms with Crippen LogP contribution in [0, 0.1) is 18.7 Å². The fourth-order valence-electron chi connectivity index (χ4n) is 3.67. The Balaban J connectivity index is 1.58. The molecule has 2 aromatic heterocycles. The highest BCUT2D eigenvalue weighted by atomic mass is 32.1. The van der Waals surface area contributed by atoms with E-state index < -0.39 is 12.1 Å². The van der Waals surface area contributed by atoms with Crippen molar-refractivity contribution in [3.8, 4) is 0 Å². The van der Waals surface area contributed by atoms with Crippen LogP contribution in [0.1, 0.15) is 33.8 Å². The number of hydrogen-bond donors (Lipinski definition) is 0. The van der Waals surface area contributed by atoms with Gasteiger partial charge >= 0.3 is 6.18 Å². The minimum absolute atomic E-state index is 0.0609. The van der Waals surface area contributed by atoms with Crippen molar-refractivity contribution in [1.29, 1.82) is 0 Å². The van der Waals surface area contributed by atoms with Crippen LogP contribution < -0.4 is 0 Å². The molecule has 0 aliphatic carbocycles. The lowest BCUT2D eigenvalue weighted by molar-refractivity contribution is -0.184. The molecule has 1 amide bonds. The first kappa shape index (κ1) is 19.9. The molecule has 1 saturated heterocycles. The lowest BCUT2D eigenvalue weighted by Gasteiger charge is -2.33. The summed E-state index contributed by atoms with van der Waals surface area (Å²) >= 11 is 1.23. The summed E-state index contributed by atoms with van der Waals surface area (Å²) in [6, 6.07) is 7.80. The van der Waals surface area contributed by atoms with Crippen molar-refractivity contribution in [2.24, 2.45) is 5.92 Å². The highest BCUT2D eigenvalue weighted by Crippen LogP contribution is 2.35. The summed E-state index contributed by atoms with van der Waals surface area (Å²) in [6.07, 6.45) is -3.88. The molecular weight excluding hydrogens is 406 g/mol. The third-order valence-electron chi connectivity index (χ3n) is 5.24. The lowest BCUT2D eigenvalue weighted by Crippen LogP contribution is -2.44. The topological polar surface area (TPSA) is 38.1 Å². The molecule has 1 unspecified atom stereocenters. The largest absolute Gasteiger partial charge is 0.393 e. The molecule has 0 spiro atoms. The van der Waals surface area contributed by atoms with Crippen LogP contribution in [-0.2, 0) is 6.54 Å². The van der Waals surface area contributed by atoms with Gasteiger partial charge < -0.3 is 4.90 Å². The smallest absolute Gasteiger partial charge is 0.337 e. The number of benzene rings is 1. The third-order valence-corrected chi connectivity index (χ3v) is 6.37. The average molecular weight is 425 g/mol. The number of piperidine rings is 1. The normalized spacial score (nSPS) is 17.8. The Kier molecular flexibility index (Phi) is 5.10. The zero-order valence-electron chi connectivity index (χ0n) is 15.7. The van der Waals surface area contributed by atoms with Gasteiger partial charge in [0, 0.05) is 18.5 Å². The van der Waals surface area contributed by atoms with E-state index in [-0.39, 0.29) is 24.7 Å². The van der Waals surface area contributed by atoms with E-state index in [1.165, 1.54) is 28.4 Å². The van der Waals surface area contributed by atoms with Crippen LogP contribution in [-0.4, -0.2) is 39.9 Å². The second-order valence-electron chi connectivity index (χ2n) is 7.33. The molecule has 0 bridgehead atoms. The minimum atomic E-state index is -4.29. The van der Waals surface area contributed by atoms with E-state index in [4.69, 9.17) is 0 Å². The molecular formula is C20H19F4N3OS. The molecule has 0 N–H and O–H groups in total. The number of amides is 1. The molecule has 29 heavy (non-hydrogen) atoms. The standard InChI is InChI=1S/C20H19F4N3OS/c1-12-16-9-17(18(28)26-8-2-3-14(11-26)20(22,23)24)29-19(16)27(25-12)10-13-4-6-15(21)7-5-13/h4-7,9,14H,2-3,8,10-11H2,1H3. The summed E-state index contributed by atoms with van der Waals surface area (Å²) in [7, 11) is 0. The van der Waals surface area contributed by atoms with Gasteiger partial charge in [-0.05, 0) is 43.5 Å². The molecule has 1 fully saturated rings. The number of halogens is 4. The van der Waals surface area contributed by atoms with Gasteiger partial charge in [0.25, 0.3) is 5.91 Å². The van der Waals surface area contributed by atoms with Crippen LogP contribution in [0.25, 0.3) is 10.2 Å². The van der Waals surface area contributed by atoms with E-state index in [0.29, 0.717) is 24.4 Å². The Bertz CT molecular complexity index is 1040. The number of carbonyl (C=O) groups excluding carboxylic acids is 1. The first-order valence-electron chi connectivity index (χ1n) is 9.30. The summed E-state index contributed by atoms with van der Waals surface area (Å²) in [4.78, 5) is 15.4. The lowest BCUT2D eigenvalue weighted by atomic mass is 9.97. The van der Waals surface area contributed by atoms with E-state index in [9.17, 15) is 22.4 Å². The molecule has 0 radical (unpaired) electrons. The summed E-state index contributed by atoms with van der Waals surface area (Å²) in [5, 5.41) is 5.29. The monoisotopic (exact) mass is 425 g/mol. The molecule has 1 atom stereocenters. The third kappa shape index (κ3) is 4.01. The molecule has 1 aliphatic heterocycles. The molecule has 154 valence electrons. The van der Waals surface area contributed by atoms with Crippen molar-refractivity contribution in [2.75, 3.05) is 13.1 Å². The summed E-state index contributed by atoms with van der Waals surface area (Å²) in [5.74, 6) is -2.16. The summed E-state index contributed by atoms with van der Waals surface area (Å²) in [6.45, 7) is 2.28. The SMILES string of the molecule is Cc1nn(Cc2ccc(F)cc2)c2sc(C(=O)N3CCCC(C(F)(F)F)C3)cc12. The van der Waals surface area contributed by atoms with Gasteiger partial charge in [0.1, 0.15) is 10.6 Å². The van der Waals surface area contributed by atoms with E-state index in [1.54, 1.807) is 22.9 Å². The van der Waals surface area contributed by atoms with Crippen molar-refractivity contribution >= 4 is 27.5 Å². The Morgan fingerprint density at radius 3 is 2.69 bits per heavy atom. The number of nitrogens with zero attached hydrogens (tertiary/aromatic N) is 3. The van der Waals surface area contributed by atoms with Gasteiger partial charge in [-0.2, -0.15) is 18.3 Å². The second kappa shape index (κ2) is 7.44. The number of likely N-dealkylation sites (tertiary alicyclic amines) is 1. The van der Waals surface area contributed by atoms with Crippen molar-refractivity contribution < 1.29 is 22.4 Å². The highest BCUT2D eigenvalue weighted by Gasteiger charge is 2.43. The number of hydrogen-bond acceptors (Lipinski definition) is 3. The van der Waals surface area contributed by atoms with E-state index >= 15 is 0 Å². The van der Waals surface area contributed by atoms with Crippen LogP contribution in [0.2, 0.25) is 0 Å². The van der Waals surface area contributed by atoms with Crippen molar-refractivity contribution in [1.82, 2.24) is 14.7 Å². The molecule has 1 aliphatic rings. The Labute approximate surface area is 168 Å². The maximum Gasteiger partial charge on any atom is 0.393 e. The average Bonchev–Trinajstić information content (AvgIpc) is 3.24. The predicted octanol–water partition coefficient (Wildman–Crippen LogP) is 5.01. The Hall–Kier alpha value is -2.42. The van der Waals surface area contributed by atoms with Gasteiger partial charge in [0.15, 0.2) is 0 Å². The highest BCUT2D eigenvalue weighted by molar-refractivity contribution is 7.20. The second-order valence-corrected chi connectivity index (χ2v) is 8.36. The van der Waals surface area contributed by atoms with Crippen molar-refractivity contribution in [3.63, 3.8) is 0 Å². The maximum atomic E-state index is 13.1. The number of rotatable bonds is 3. The van der Waals surface area contributed by atoms with Crippen molar-refractivity contribution in [2.45, 2.75) is 32.5 Å². The molecule has 4 rings (SSSR count). The minimum Gasteiger partial charge on any atom is -0.337 e. The molecule has 3 heterocycles. The fourth-order valence-corrected chi connectivity index (χ4v) is 4.80. The molecule has 9 heteroatoms. The molecule has 0 saturated carbocycles. The molecule has 1 aromatic carbocycles. The molecule has 4 nitrogen and oxygen atoms in total. The molecule has 3 aromatic rings. The fraction of sp³-hybridized carbons (Fsp3) is 0.400. The first-order chi connectivity index (χ1) is 13.7. The first-order valence-corrected chi connectivity index (χ1v) is 10.1. The number of aryl methyl sites for hydroxylation is 1. The van der Waals surface area contributed by atoms with E-state index in [2.05, 4.69) is 5.10 Å². The quantitative estimate of drug-likeness (QED) is 0.554. The predicted molar refractivity (Wildman–Crippen MR) is 103 cm³/mol. The van der Waals surface area contributed by atoms with Crippen molar-refractivity contribution in [3.05, 3.63) is 52.3 Å². The van der Waals surface area contributed by atoms with E-state index in [0.717, 1.165) is 21.5 Å². The summed E-state index contributed by atoms with van der Waals surface area (Å²) < 4.78 is 54.1. The van der Waals surface area contributed by atoms with Crippen LogP contribution in [0.4, 0.5) is 17.6 Å². The van der Waals surface area contributed by atoms with Crippen LogP contribution >= 0.6 is 11.3 Å². The van der Waals surface area contributed by atoms with Crippen LogP contribution in [0.5, 0.6) is 0 Å². The number of aromatic nitrogens is 2. The Morgan fingerprint density at radius 1 is 1.28 bits per heavy atom. The van der Waals surface area contributed by atoms with Gasteiger partial charge in [-0.1, -0.05) is 12.1 Å². The Morgan fingerprint density at radius 2 is 2.00 bits per heavy atom. The van der Waals surface area contributed by atoms with Gasteiger partial charge in [0.05, 0.1) is 23.0 Å². The van der Waals surface area contributed by atoms with Gasteiger partial charge in [-0.25, -0.2) is 4.39 Å². The van der Waals surface area contributed by atoms with Crippen LogP contribution in [0.3, 0.4) is 0 Å². The zero-order valence-corrected chi connectivity index (χ0v) is 16.5. The van der Waals surface area contributed by atoms with Gasteiger partial charge in [0.2, 0.25) is 0 Å².